The van der Waals surface area contributed by atoms with Crippen LogP contribution in [0.3, 0.4) is 0 Å². The first-order valence-corrected chi connectivity index (χ1v) is 8.95. The fourth-order valence-corrected chi connectivity index (χ4v) is 2.83. The van der Waals surface area contributed by atoms with Gasteiger partial charge in [-0.2, -0.15) is 0 Å². The second-order valence-electron chi connectivity index (χ2n) is 5.92. The van der Waals surface area contributed by atoms with Gasteiger partial charge in [-0.25, -0.2) is 4.99 Å². The number of ketones is 1. The SMILES string of the molecule is O=C(/C(C=NC(=S)c1ccncc1)=C(\O)C1=CC=CCC1)c1ccccc1. The highest BCUT2D eigenvalue weighted by Crippen LogP contribution is 2.22. The maximum atomic E-state index is 13.0. The third-order valence-electron chi connectivity index (χ3n) is 4.09. The predicted octanol–water partition coefficient (Wildman–Crippen LogP) is 4.80. The number of rotatable bonds is 5. The first-order valence-electron chi connectivity index (χ1n) is 8.54. The number of hydrogen-bond acceptors (Lipinski definition) is 4. The molecule has 0 radical (unpaired) electrons. The van der Waals surface area contributed by atoms with Gasteiger partial charge in [-0.3, -0.25) is 9.78 Å². The van der Waals surface area contributed by atoms with Crippen molar-refractivity contribution in [1.82, 2.24) is 4.98 Å². The Bertz CT molecular complexity index is 958. The van der Waals surface area contributed by atoms with E-state index in [1.165, 1.54) is 6.21 Å². The zero-order valence-corrected chi connectivity index (χ0v) is 15.4. The van der Waals surface area contributed by atoms with Crippen molar-refractivity contribution in [1.29, 1.82) is 0 Å². The number of aromatic nitrogens is 1. The summed E-state index contributed by atoms with van der Waals surface area (Å²) >= 11 is 5.32. The summed E-state index contributed by atoms with van der Waals surface area (Å²) in [6.07, 6.45) is 11.8. The highest BCUT2D eigenvalue weighted by Gasteiger charge is 2.18. The summed E-state index contributed by atoms with van der Waals surface area (Å²) in [7, 11) is 0. The summed E-state index contributed by atoms with van der Waals surface area (Å²) in [5.41, 5.74) is 2.03. The van der Waals surface area contributed by atoms with Crippen LogP contribution in [0.1, 0.15) is 28.8 Å². The van der Waals surface area contributed by atoms with Crippen LogP contribution in [0.4, 0.5) is 0 Å². The topological polar surface area (TPSA) is 62.5 Å². The number of pyridine rings is 1. The Morgan fingerprint density at radius 3 is 2.52 bits per heavy atom. The minimum Gasteiger partial charge on any atom is -0.507 e. The van der Waals surface area contributed by atoms with Crippen molar-refractivity contribution < 1.29 is 9.90 Å². The van der Waals surface area contributed by atoms with Crippen molar-refractivity contribution in [3.05, 3.63) is 101 Å². The number of aliphatic hydroxyl groups excluding tert-OH is 1. The second-order valence-corrected chi connectivity index (χ2v) is 6.30. The summed E-state index contributed by atoms with van der Waals surface area (Å²) in [5, 5.41) is 10.8. The Hall–Kier alpha value is -3.18. The summed E-state index contributed by atoms with van der Waals surface area (Å²) in [5.74, 6) is -0.362. The molecule has 27 heavy (non-hydrogen) atoms. The van der Waals surface area contributed by atoms with Gasteiger partial charge >= 0.3 is 0 Å². The zero-order chi connectivity index (χ0) is 19.1. The van der Waals surface area contributed by atoms with Gasteiger partial charge in [0.1, 0.15) is 10.7 Å². The van der Waals surface area contributed by atoms with Crippen molar-refractivity contribution in [3.63, 3.8) is 0 Å². The van der Waals surface area contributed by atoms with Crippen LogP contribution in [0.25, 0.3) is 0 Å². The number of benzene rings is 1. The molecule has 5 heteroatoms. The molecule has 2 aromatic rings. The lowest BCUT2D eigenvalue weighted by molar-refractivity contribution is 0.103. The Labute approximate surface area is 163 Å². The molecule has 134 valence electrons. The van der Waals surface area contributed by atoms with Gasteiger partial charge in [0.15, 0.2) is 5.78 Å². The van der Waals surface area contributed by atoms with Crippen LogP contribution in [0.15, 0.2) is 95.0 Å². The molecule has 1 aromatic heterocycles. The van der Waals surface area contributed by atoms with E-state index in [0.29, 0.717) is 22.5 Å². The first kappa shape index (κ1) is 18.6. The minimum atomic E-state index is -0.301. The monoisotopic (exact) mass is 374 g/mol. The third-order valence-corrected chi connectivity index (χ3v) is 4.43. The van der Waals surface area contributed by atoms with Gasteiger partial charge in [-0.15, -0.1) is 0 Å². The molecular weight excluding hydrogens is 356 g/mol. The van der Waals surface area contributed by atoms with Gasteiger partial charge < -0.3 is 5.11 Å². The fourth-order valence-electron chi connectivity index (χ4n) is 2.64. The average molecular weight is 374 g/mol. The van der Waals surface area contributed by atoms with E-state index in [1.807, 2.05) is 24.3 Å². The molecule has 0 aliphatic heterocycles. The zero-order valence-electron chi connectivity index (χ0n) is 14.6. The largest absolute Gasteiger partial charge is 0.507 e. The van der Waals surface area contributed by atoms with Crippen LogP contribution >= 0.6 is 12.2 Å². The number of aliphatic hydroxyl groups is 1. The lowest BCUT2D eigenvalue weighted by Crippen LogP contribution is -2.11. The molecule has 0 saturated heterocycles. The van der Waals surface area contributed by atoms with E-state index in [0.717, 1.165) is 12.0 Å². The number of carbonyl (C=O) groups is 1. The molecule has 3 rings (SSSR count). The quantitative estimate of drug-likeness (QED) is 0.268. The number of carbonyl (C=O) groups excluding carboxylic acids is 1. The Morgan fingerprint density at radius 1 is 1.11 bits per heavy atom. The average Bonchev–Trinajstić information content (AvgIpc) is 2.75. The van der Waals surface area contributed by atoms with E-state index in [2.05, 4.69) is 9.98 Å². The van der Waals surface area contributed by atoms with E-state index < -0.39 is 0 Å². The van der Waals surface area contributed by atoms with Crippen LogP contribution < -0.4 is 0 Å². The summed E-state index contributed by atoms with van der Waals surface area (Å²) in [6.45, 7) is 0. The number of Topliss-reactive ketones (excluding diaryl/α,β-unsaturated/α-hetero) is 1. The third kappa shape index (κ3) is 4.71. The van der Waals surface area contributed by atoms with Gasteiger partial charge in [0.05, 0.1) is 5.57 Å². The molecule has 0 spiro atoms. The van der Waals surface area contributed by atoms with Crippen molar-refractivity contribution in [2.24, 2.45) is 4.99 Å². The van der Waals surface area contributed by atoms with Crippen LogP contribution in [0.2, 0.25) is 0 Å². The van der Waals surface area contributed by atoms with Crippen LogP contribution in [-0.4, -0.2) is 27.1 Å². The molecule has 1 aromatic carbocycles. The number of allylic oxidation sites excluding steroid dienone is 5. The van der Waals surface area contributed by atoms with Crippen LogP contribution in [-0.2, 0) is 0 Å². The van der Waals surface area contributed by atoms with Crippen LogP contribution in [0.5, 0.6) is 0 Å². The fraction of sp³-hybridized carbons (Fsp3) is 0.0909. The number of hydrogen-bond donors (Lipinski definition) is 1. The van der Waals surface area contributed by atoms with Crippen LogP contribution in [0, 0.1) is 0 Å². The van der Waals surface area contributed by atoms with Crippen molar-refractivity contribution >= 4 is 29.2 Å². The molecule has 0 unspecified atom stereocenters. The maximum absolute atomic E-state index is 13.0. The molecular formula is C22H18N2O2S. The standard InChI is InChI=1S/C22H18N2O2S/c25-20(16-7-3-1-4-8-16)19(21(26)17-9-5-2-6-10-17)15-24-22(27)18-11-13-23-14-12-18/h1-5,7-9,11-15,26H,6,10H2/b21-19-,24-15?. The van der Waals surface area contributed by atoms with Gasteiger partial charge in [0.25, 0.3) is 0 Å². The molecule has 0 saturated carbocycles. The predicted molar refractivity (Wildman–Crippen MR) is 111 cm³/mol. The van der Waals surface area contributed by atoms with Gasteiger partial charge in [-0.1, -0.05) is 60.8 Å². The molecule has 1 N–H and O–H groups in total. The lowest BCUT2D eigenvalue weighted by Gasteiger charge is -2.11. The molecule has 0 atom stereocenters. The number of thiocarbonyl (C=S) groups is 1. The molecule has 0 amide bonds. The summed E-state index contributed by atoms with van der Waals surface area (Å²) in [4.78, 5) is 21.5. The smallest absolute Gasteiger partial charge is 0.198 e. The van der Waals surface area contributed by atoms with E-state index in [1.54, 1.807) is 48.8 Å². The number of aliphatic imine (C=N–C) groups is 1. The van der Waals surface area contributed by atoms with Gasteiger partial charge in [0.2, 0.25) is 0 Å². The van der Waals surface area contributed by atoms with E-state index in [9.17, 15) is 9.90 Å². The van der Waals surface area contributed by atoms with Gasteiger partial charge in [-0.05, 0) is 30.5 Å². The minimum absolute atomic E-state index is 0.0607. The van der Waals surface area contributed by atoms with E-state index in [-0.39, 0.29) is 17.1 Å². The van der Waals surface area contributed by atoms with E-state index >= 15 is 0 Å². The molecule has 1 aliphatic rings. The molecule has 1 heterocycles. The Kier molecular flexibility index (Phi) is 6.18. The maximum Gasteiger partial charge on any atom is 0.198 e. The normalized spacial score (nSPS) is 14.6. The molecule has 1 aliphatic carbocycles. The van der Waals surface area contributed by atoms with Crippen molar-refractivity contribution in [2.45, 2.75) is 12.8 Å². The molecule has 0 bridgehead atoms. The summed E-state index contributed by atoms with van der Waals surface area (Å²) < 4.78 is 0. The highest BCUT2D eigenvalue weighted by atomic mass is 32.1. The number of nitrogens with zero attached hydrogens (tertiary/aromatic N) is 2. The Morgan fingerprint density at radius 2 is 1.85 bits per heavy atom. The van der Waals surface area contributed by atoms with Crippen molar-refractivity contribution in [3.8, 4) is 0 Å². The lowest BCUT2D eigenvalue weighted by atomic mass is 9.96. The highest BCUT2D eigenvalue weighted by molar-refractivity contribution is 7.80. The van der Waals surface area contributed by atoms with Crippen molar-refractivity contribution in [2.75, 3.05) is 0 Å². The van der Waals surface area contributed by atoms with Gasteiger partial charge in [0, 0.05) is 29.7 Å². The summed E-state index contributed by atoms with van der Waals surface area (Å²) in [6, 6.07) is 12.3. The first-order chi connectivity index (χ1) is 13.2. The second kappa shape index (κ2) is 8.96. The molecule has 4 nitrogen and oxygen atoms in total. The Balaban J connectivity index is 1.98. The van der Waals surface area contributed by atoms with E-state index in [4.69, 9.17) is 12.2 Å². The molecule has 0 fully saturated rings.